The molecule has 6 heteroatoms. The molecule has 0 aromatic carbocycles. The third-order valence-corrected chi connectivity index (χ3v) is 3.33. The molecule has 0 amide bonds. The van der Waals surface area contributed by atoms with Gasteiger partial charge in [0, 0.05) is 58.3 Å². The Labute approximate surface area is 114 Å². The van der Waals surface area contributed by atoms with Crippen LogP contribution in [-0.4, -0.2) is 66.8 Å². The van der Waals surface area contributed by atoms with E-state index in [0.29, 0.717) is 6.54 Å². The highest BCUT2D eigenvalue weighted by atomic mass is 16.5. The number of anilines is 1. The van der Waals surface area contributed by atoms with Crippen LogP contribution in [0.3, 0.4) is 0 Å². The van der Waals surface area contributed by atoms with Gasteiger partial charge in [0.25, 0.3) is 0 Å². The average molecular weight is 265 g/mol. The number of rotatable bonds is 6. The zero-order chi connectivity index (χ0) is 13.5. The van der Waals surface area contributed by atoms with E-state index in [1.54, 1.807) is 12.4 Å². The summed E-state index contributed by atoms with van der Waals surface area (Å²) >= 11 is 0. The number of hydrogen-bond donors (Lipinski definition) is 1. The highest BCUT2D eigenvalue weighted by molar-refractivity contribution is 5.29. The summed E-state index contributed by atoms with van der Waals surface area (Å²) in [5.41, 5.74) is 5.71. The molecule has 2 rings (SSSR count). The third kappa shape index (κ3) is 4.12. The summed E-state index contributed by atoms with van der Waals surface area (Å²) < 4.78 is 5.60. The number of nitrogens with zero attached hydrogens (tertiary/aromatic N) is 4. The molecule has 1 saturated heterocycles. The first kappa shape index (κ1) is 14.2. The second kappa shape index (κ2) is 7.37. The van der Waals surface area contributed by atoms with E-state index in [-0.39, 0.29) is 6.10 Å². The van der Waals surface area contributed by atoms with Crippen molar-refractivity contribution in [2.24, 2.45) is 5.73 Å². The van der Waals surface area contributed by atoms with Crippen molar-refractivity contribution in [2.75, 3.05) is 50.8 Å². The Morgan fingerprint density at radius 2 is 1.95 bits per heavy atom. The number of aromatic nitrogens is 2. The summed E-state index contributed by atoms with van der Waals surface area (Å²) in [6.45, 7) is 8.13. The van der Waals surface area contributed by atoms with E-state index in [2.05, 4.69) is 19.8 Å². The van der Waals surface area contributed by atoms with Gasteiger partial charge in [0.15, 0.2) is 0 Å². The van der Waals surface area contributed by atoms with Crippen LogP contribution in [0.2, 0.25) is 0 Å². The average Bonchev–Trinajstić information content (AvgIpc) is 2.48. The minimum Gasteiger partial charge on any atom is -0.376 e. The lowest BCUT2D eigenvalue weighted by atomic mass is 10.2. The molecule has 0 spiro atoms. The fraction of sp³-hybridized carbons (Fsp3) is 0.692. The van der Waals surface area contributed by atoms with E-state index in [1.165, 1.54) is 0 Å². The first-order valence-electron chi connectivity index (χ1n) is 6.89. The quantitative estimate of drug-likeness (QED) is 0.778. The van der Waals surface area contributed by atoms with Gasteiger partial charge >= 0.3 is 0 Å². The maximum Gasteiger partial charge on any atom is 0.225 e. The van der Waals surface area contributed by atoms with Gasteiger partial charge in [-0.05, 0) is 13.0 Å². The first-order valence-corrected chi connectivity index (χ1v) is 6.89. The molecule has 1 aliphatic heterocycles. The van der Waals surface area contributed by atoms with Crippen LogP contribution >= 0.6 is 0 Å². The van der Waals surface area contributed by atoms with Crippen molar-refractivity contribution in [3.05, 3.63) is 18.5 Å². The molecule has 1 atom stereocenters. The lowest BCUT2D eigenvalue weighted by Gasteiger charge is -2.36. The van der Waals surface area contributed by atoms with Crippen LogP contribution in [0.15, 0.2) is 18.5 Å². The van der Waals surface area contributed by atoms with Crippen LogP contribution in [0.25, 0.3) is 0 Å². The Balaban J connectivity index is 1.79. The van der Waals surface area contributed by atoms with Gasteiger partial charge in [0.2, 0.25) is 5.95 Å². The third-order valence-electron chi connectivity index (χ3n) is 3.33. The van der Waals surface area contributed by atoms with Crippen LogP contribution in [-0.2, 0) is 4.74 Å². The molecule has 1 aromatic rings. The monoisotopic (exact) mass is 265 g/mol. The van der Waals surface area contributed by atoms with Crippen molar-refractivity contribution in [3.8, 4) is 0 Å². The van der Waals surface area contributed by atoms with Crippen LogP contribution in [0.4, 0.5) is 5.95 Å². The smallest absolute Gasteiger partial charge is 0.225 e. The molecular formula is C13H23N5O. The summed E-state index contributed by atoms with van der Waals surface area (Å²) in [4.78, 5) is 13.2. The lowest BCUT2D eigenvalue weighted by Crippen LogP contribution is -2.50. The molecular weight excluding hydrogens is 242 g/mol. The Bertz CT molecular complexity index is 353. The summed E-state index contributed by atoms with van der Waals surface area (Å²) in [5.74, 6) is 0.822. The van der Waals surface area contributed by atoms with Crippen LogP contribution in [0.5, 0.6) is 0 Å². The van der Waals surface area contributed by atoms with E-state index in [0.717, 1.165) is 45.3 Å². The summed E-state index contributed by atoms with van der Waals surface area (Å²) in [5, 5.41) is 0. The van der Waals surface area contributed by atoms with Crippen LogP contribution in [0.1, 0.15) is 6.92 Å². The van der Waals surface area contributed by atoms with Crippen LogP contribution in [0, 0.1) is 0 Å². The van der Waals surface area contributed by atoms with E-state index >= 15 is 0 Å². The van der Waals surface area contributed by atoms with E-state index < -0.39 is 0 Å². The van der Waals surface area contributed by atoms with Crippen LogP contribution < -0.4 is 10.6 Å². The van der Waals surface area contributed by atoms with Gasteiger partial charge in [-0.1, -0.05) is 0 Å². The largest absolute Gasteiger partial charge is 0.376 e. The fourth-order valence-electron chi connectivity index (χ4n) is 2.30. The van der Waals surface area contributed by atoms with Crippen molar-refractivity contribution in [2.45, 2.75) is 13.0 Å². The Morgan fingerprint density at radius 3 is 2.53 bits per heavy atom. The summed E-state index contributed by atoms with van der Waals surface area (Å²) in [6, 6.07) is 1.84. The summed E-state index contributed by atoms with van der Waals surface area (Å²) in [6.07, 6.45) is 3.72. The molecule has 0 radical (unpaired) electrons. The molecule has 106 valence electrons. The maximum atomic E-state index is 5.71. The molecule has 6 nitrogen and oxygen atoms in total. The standard InChI is InChI=1S/C13H23N5O/c1-2-19-12(10-14)11-17-6-8-18(9-7-17)13-15-4-3-5-16-13/h3-5,12H,2,6-11,14H2,1H3. The first-order chi connectivity index (χ1) is 9.33. The maximum absolute atomic E-state index is 5.71. The molecule has 1 aromatic heterocycles. The molecule has 19 heavy (non-hydrogen) atoms. The lowest BCUT2D eigenvalue weighted by molar-refractivity contribution is 0.0378. The highest BCUT2D eigenvalue weighted by Gasteiger charge is 2.20. The van der Waals surface area contributed by atoms with Crippen molar-refractivity contribution >= 4 is 5.95 Å². The Morgan fingerprint density at radius 1 is 1.26 bits per heavy atom. The van der Waals surface area contributed by atoms with E-state index in [1.807, 2.05) is 13.0 Å². The predicted octanol–water partition coefficient (Wildman–Crippen LogP) is -0.0376. The molecule has 1 aliphatic rings. The van der Waals surface area contributed by atoms with Gasteiger partial charge in [-0.25, -0.2) is 9.97 Å². The minimum absolute atomic E-state index is 0.143. The molecule has 0 bridgehead atoms. The van der Waals surface area contributed by atoms with Gasteiger partial charge < -0.3 is 15.4 Å². The van der Waals surface area contributed by atoms with Gasteiger partial charge in [0.05, 0.1) is 6.10 Å². The topological polar surface area (TPSA) is 67.5 Å². The zero-order valence-corrected chi connectivity index (χ0v) is 11.5. The SMILES string of the molecule is CCOC(CN)CN1CCN(c2ncccn2)CC1. The fourth-order valence-corrected chi connectivity index (χ4v) is 2.30. The molecule has 0 aliphatic carbocycles. The molecule has 2 N–H and O–H groups in total. The predicted molar refractivity (Wildman–Crippen MR) is 75.2 cm³/mol. The van der Waals surface area contributed by atoms with Gasteiger partial charge in [0.1, 0.15) is 0 Å². The van der Waals surface area contributed by atoms with E-state index in [4.69, 9.17) is 10.5 Å². The Hall–Kier alpha value is -1.24. The van der Waals surface area contributed by atoms with Crippen molar-refractivity contribution in [1.82, 2.24) is 14.9 Å². The molecule has 1 fully saturated rings. The second-order valence-electron chi connectivity index (χ2n) is 4.65. The van der Waals surface area contributed by atoms with Crippen molar-refractivity contribution in [3.63, 3.8) is 0 Å². The zero-order valence-electron chi connectivity index (χ0n) is 11.5. The number of ether oxygens (including phenoxy) is 1. The summed E-state index contributed by atoms with van der Waals surface area (Å²) in [7, 11) is 0. The number of nitrogens with two attached hydrogens (primary N) is 1. The van der Waals surface area contributed by atoms with E-state index in [9.17, 15) is 0 Å². The number of hydrogen-bond acceptors (Lipinski definition) is 6. The normalized spacial score (nSPS) is 18.5. The molecule has 0 saturated carbocycles. The van der Waals surface area contributed by atoms with Crippen molar-refractivity contribution < 1.29 is 4.74 Å². The molecule has 2 heterocycles. The highest BCUT2D eigenvalue weighted by Crippen LogP contribution is 2.10. The minimum atomic E-state index is 0.143. The van der Waals surface area contributed by atoms with Crippen molar-refractivity contribution in [1.29, 1.82) is 0 Å². The Kier molecular flexibility index (Phi) is 5.50. The van der Waals surface area contributed by atoms with Gasteiger partial charge in [-0.3, -0.25) is 4.90 Å². The van der Waals surface area contributed by atoms with Gasteiger partial charge in [-0.15, -0.1) is 0 Å². The number of piperazine rings is 1. The second-order valence-corrected chi connectivity index (χ2v) is 4.65. The molecule has 1 unspecified atom stereocenters. The van der Waals surface area contributed by atoms with Gasteiger partial charge in [-0.2, -0.15) is 0 Å².